The SMILES string of the molecule is c1ccc2c(CNC3CCN(C4CC4)CC3)ccnc2c1. The second kappa shape index (κ2) is 5.74. The van der Waals surface area contributed by atoms with E-state index in [1.54, 1.807) is 0 Å². The maximum Gasteiger partial charge on any atom is 0.0705 e. The second-order valence-electron chi connectivity index (χ2n) is 6.41. The molecule has 1 saturated heterocycles. The standard InChI is InChI=1S/C18H23N3/c1-2-4-18-17(3-1)14(7-10-19-18)13-20-15-8-11-21(12-9-15)16-5-6-16/h1-4,7,10,15-16,20H,5-6,8-9,11-13H2. The first-order valence-corrected chi connectivity index (χ1v) is 8.20. The number of hydrogen-bond donors (Lipinski definition) is 1. The lowest BCUT2D eigenvalue weighted by Gasteiger charge is -2.32. The van der Waals surface area contributed by atoms with Gasteiger partial charge >= 0.3 is 0 Å². The molecule has 0 atom stereocenters. The molecule has 2 aromatic rings. The molecule has 1 aromatic heterocycles. The Morgan fingerprint density at radius 1 is 1.05 bits per heavy atom. The van der Waals surface area contributed by atoms with Gasteiger partial charge in [0, 0.05) is 30.2 Å². The zero-order chi connectivity index (χ0) is 14.1. The van der Waals surface area contributed by atoms with E-state index in [1.807, 2.05) is 6.20 Å². The van der Waals surface area contributed by atoms with E-state index in [4.69, 9.17) is 0 Å². The number of benzene rings is 1. The first kappa shape index (κ1) is 13.2. The molecule has 1 N–H and O–H groups in total. The van der Waals surface area contributed by atoms with Crippen LogP contribution in [0.5, 0.6) is 0 Å². The Hall–Kier alpha value is -1.45. The van der Waals surface area contributed by atoms with E-state index in [1.165, 1.54) is 49.7 Å². The summed E-state index contributed by atoms with van der Waals surface area (Å²) in [6.45, 7) is 3.51. The van der Waals surface area contributed by atoms with E-state index in [-0.39, 0.29) is 0 Å². The predicted molar refractivity (Wildman–Crippen MR) is 86.2 cm³/mol. The molecule has 1 aliphatic carbocycles. The van der Waals surface area contributed by atoms with Crippen molar-refractivity contribution in [2.24, 2.45) is 0 Å². The number of aromatic nitrogens is 1. The van der Waals surface area contributed by atoms with Crippen molar-refractivity contribution in [3.8, 4) is 0 Å². The Morgan fingerprint density at radius 3 is 2.67 bits per heavy atom. The smallest absolute Gasteiger partial charge is 0.0705 e. The third-order valence-corrected chi connectivity index (χ3v) is 4.91. The van der Waals surface area contributed by atoms with Crippen LogP contribution in [0.25, 0.3) is 10.9 Å². The largest absolute Gasteiger partial charge is 0.310 e. The van der Waals surface area contributed by atoms with Crippen LogP contribution in [0.3, 0.4) is 0 Å². The summed E-state index contributed by atoms with van der Waals surface area (Å²) in [6, 6.07) is 12.2. The zero-order valence-corrected chi connectivity index (χ0v) is 12.5. The molecule has 21 heavy (non-hydrogen) atoms. The Morgan fingerprint density at radius 2 is 1.86 bits per heavy atom. The fourth-order valence-corrected chi connectivity index (χ4v) is 3.47. The number of pyridine rings is 1. The summed E-state index contributed by atoms with van der Waals surface area (Å²) in [5.41, 5.74) is 2.46. The maximum absolute atomic E-state index is 4.44. The van der Waals surface area contributed by atoms with E-state index >= 15 is 0 Å². The highest BCUT2D eigenvalue weighted by atomic mass is 15.2. The van der Waals surface area contributed by atoms with Gasteiger partial charge in [0.2, 0.25) is 0 Å². The van der Waals surface area contributed by atoms with Gasteiger partial charge in [0.1, 0.15) is 0 Å². The average molecular weight is 281 g/mol. The Bertz CT molecular complexity index is 607. The van der Waals surface area contributed by atoms with Crippen molar-refractivity contribution in [3.63, 3.8) is 0 Å². The fraction of sp³-hybridized carbons (Fsp3) is 0.500. The summed E-state index contributed by atoms with van der Waals surface area (Å²) in [6.07, 6.45) is 7.37. The van der Waals surface area contributed by atoms with Gasteiger partial charge in [0.15, 0.2) is 0 Å². The summed E-state index contributed by atoms with van der Waals surface area (Å²) in [5, 5.41) is 5.04. The van der Waals surface area contributed by atoms with Gasteiger partial charge in [-0.15, -0.1) is 0 Å². The summed E-state index contributed by atoms with van der Waals surface area (Å²) in [4.78, 5) is 7.12. The van der Waals surface area contributed by atoms with Gasteiger partial charge in [0.05, 0.1) is 5.52 Å². The van der Waals surface area contributed by atoms with Crippen molar-refractivity contribution >= 4 is 10.9 Å². The molecule has 4 rings (SSSR count). The molecule has 0 spiro atoms. The molecule has 0 unspecified atom stereocenters. The normalized spacial score (nSPS) is 21.0. The zero-order valence-electron chi connectivity index (χ0n) is 12.5. The van der Waals surface area contributed by atoms with Crippen LogP contribution in [-0.4, -0.2) is 35.1 Å². The lowest BCUT2D eigenvalue weighted by atomic mass is 10.0. The number of para-hydroxylation sites is 1. The van der Waals surface area contributed by atoms with Crippen LogP contribution >= 0.6 is 0 Å². The summed E-state index contributed by atoms with van der Waals surface area (Å²) in [5.74, 6) is 0. The molecule has 0 amide bonds. The monoisotopic (exact) mass is 281 g/mol. The fourth-order valence-electron chi connectivity index (χ4n) is 3.47. The molecule has 110 valence electrons. The van der Waals surface area contributed by atoms with E-state index in [9.17, 15) is 0 Å². The number of nitrogens with one attached hydrogen (secondary N) is 1. The van der Waals surface area contributed by atoms with Gasteiger partial charge in [0.25, 0.3) is 0 Å². The number of likely N-dealkylation sites (tertiary alicyclic amines) is 1. The molecule has 2 fully saturated rings. The first-order valence-electron chi connectivity index (χ1n) is 8.20. The molecular weight excluding hydrogens is 258 g/mol. The van der Waals surface area contributed by atoms with Gasteiger partial charge in [-0.3, -0.25) is 4.98 Å². The number of hydrogen-bond acceptors (Lipinski definition) is 3. The minimum Gasteiger partial charge on any atom is -0.310 e. The number of nitrogens with zero attached hydrogens (tertiary/aromatic N) is 2. The maximum atomic E-state index is 4.44. The molecule has 1 aliphatic heterocycles. The predicted octanol–water partition coefficient (Wildman–Crippen LogP) is 2.95. The van der Waals surface area contributed by atoms with Crippen molar-refractivity contribution in [1.82, 2.24) is 15.2 Å². The van der Waals surface area contributed by atoms with Crippen molar-refractivity contribution in [1.29, 1.82) is 0 Å². The molecule has 1 aromatic carbocycles. The van der Waals surface area contributed by atoms with Crippen molar-refractivity contribution in [2.75, 3.05) is 13.1 Å². The number of fused-ring (bicyclic) bond motifs is 1. The lowest BCUT2D eigenvalue weighted by Crippen LogP contribution is -2.43. The van der Waals surface area contributed by atoms with Crippen LogP contribution in [0.15, 0.2) is 36.5 Å². The molecule has 2 heterocycles. The van der Waals surface area contributed by atoms with Gasteiger partial charge < -0.3 is 10.2 Å². The second-order valence-corrected chi connectivity index (χ2v) is 6.41. The van der Waals surface area contributed by atoms with Crippen LogP contribution in [0.4, 0.5) is 0 Å². The Balaban J connectivity index is 1.37. The lowest BCUT2D eigenvalue weighted by molar-refractivity contribution is 0.189. The third-order valence-electron chi connectivity index (χ3n) is 4.91. The van der Waals surface area contributed by atoms with Crippen molar-refractivity contribution < 1.29 is 0 Å². The summed E-state index contributed by atoms with van der Waals surface area (Å²) >= 11 is 0. The molecule has 0 radical (unpaired) electrons. The molecule has 3 heteroatoms. The summed E-state index contributed by atoms with van der Waals surface area (Å²) in [7, 11) is 0. The van der Waals surface area contributed by atoms with E-state index in [0.29, 0.717) is 6.04 Å². The van der Waals surface area contributed by atoms with Crippen LogP contribution < -0.4 is 5.32 Å². The van der Waals surface area contributed by atoms with E-state index < -0.39 is 0 Å². The minimum atomic E-state index is 0.673. The van der Waals surface area contributed by atoms with Crippen LogP contribution in [0, 0.1) is 0 Å². The molecule has 1 saturated carbocycles. The Kier molecular flexibility index (Phi) is 3.62. The van der Waals surface area contributed by atoms with Gasteiger partial charge in [-0.05, 0) is 56.5 Å². The molecule has 2 aliphatic rings. The topological polar surface area (TPSA) is 28.2 Å². The van der Waals surface area contributed by atoms with Crippen molar-refractivity contribution in [3.05, 3.63) is 42.1 Å². The summed E-state index contributed by atoms with van der Waals surface area (Å²) < 4.78 is 0. The van der Waals surface area contributed by atoms with Crippen LogP contribution in [0.2, 0.25) is 0 Å². The van der Waals surface area contributed by atoms with Crippen LogP contribution in [0.1, 0.15) is 31.2 Å². The molecular formula is C18H23N3. The van der Waals surface area contributed by atoms with Crippen LogP contribution in [-0.2, 0) is 6.54 Å². The highest BCUT2D eigenvalue weighted by Gasteiger charge is 2.31. The highest BCUT2D eigenvalue weighted by Crippen LogP contribution is 2.29. The van der Waals surface area contributed by atoms with E-state index in [0.717, 1.165) is 18.1 Å². The van der Waals surface area contributed by atoms with Gasteiger partial charge in [-0.1, -0.05) is 18.2 Å². The quantitative estimate of drug-likeness (QED) is 0.934. The van der Waals surface area contributed by atoms with E-state index in [2.05, 4.69) is 45.5 Å². The Labute approximate surface area is 126 Å². The third kappa shape index (κ3) is 2.94. The molecule has 0 bridgehead atoms. The van der Waals surface area contributed by atoms with Gasteiger partial charge in [-0.25, -0.2) is 0 Å². The van der Waals surface area contributed by atoms with Gasteiger partial charge in [-0.2, -0.15) is 0 Å². The molecule has 3 nitrogen and oxygen atoms in total. The number of rotatable bonds is 4. The number of piperidine rings is 1. The first-order chi connectivity index (χ1) is 10.4. The highest BCUT2D eigenvalue weighted by molar-refractivity contribution is 5.81. The minimum absolute atomic E-state index is 0.673. The van der Waals surface area contributed by atoms with Crippen molar-refractivity contribution in [2.45, 2.75) is 44.3 Å². The average Bonchev–Trinajstić information content (AvgIpc) is 3.38.